The van der Waals surface area contributed by atoms with Crippen LogP contribution < -0.4 is 40.0 Å². The van der Waals surface area contributed by atoms with Gasteiger partial charge in [-0.25, -0.2) is 0 Å². The number of carbonyl (C=O) groups is 2. The minimum absolute atomic E-state index is 0. The van der Waals surface area contributed by atoms with Gasteiger partial charge in [-0.3, -0.25) is 4.79 Å². The van der Waals surface area contributed by atoms with Gasteiger partial charge in [0.1, 0.15) is 0 Å². The van der Waals surface area contributed by atoms with Crippen LogP contribution in [0.2, 0.25) is 0 Å². The molecule has 5 nitrogen and oxygen atoms in total. The minimum Gasteiger partial charge on any atom is -0.548 e. The van der Waals surface area contributed by atoms with E-state index in [0.717, 1.165) is 37.0 Å². The third-order valence-corrected chi connectivity index (χ3v) is 10.7. The molecule has 0 spiro atoms. The average Bonchev–Trinajstić information content (AvgIpc) is 3.08. The first-order valence-corrected chi connectivity index (χ1v) is 12.8. The zero-order valence-electron chi connectivity index (χ0n) is 20.7. The first-order valence-electron chi connectivity index (χ1n) is 12.8. The number of fused-ring (bicyclic) bond motifs is 5. The first-order chi connectivity index (χ1) is 14.6. The Labute approximate surface area is 216 Å². The van der Waals surface area contributed by atoms with E-state index in [1.807, 2.05) is 0 Å². The zero-order valence-corrected chi connectivity index (χ0v) is 22.7. The molecule has 9 atom stereocenters. The van der Waals surface area contributed by atoms with E-state index in [9.17, 15) is 19.8 Å². The van der Waals surface area contributed by atoms with Crippen LogP contribution in [0.1, 0.15) is 91.4 Å². The molecule has 0 aliphatic heterocycles. The van der Waals surface area contributed by atoms with Crippen LogP contribution in [-0.4, -0.2) is 29.6 Å². The van der Waals surface area contributed by atoms with Crippen LogP contribution in [0.15, 0.2) is 0 Å². The van der Waals surface area contributed by atoms with Crippen molar-refractivity contribution in [2.75, 3.05) is 6.54 Å². The number of amides is 1. The molecule has 0 bridgehead atoms. The molecule has 4 aliphatic rings. The van der Waals surface area contributed by atoms with E-state index in [1.54, 1.807) is 0 Å². The Morgan fingerprint density at radius 1 is 1.03 bits per heavy atom. The quantitative estimate of drug-likeness (QED) is 0.564. The molecule has 0 saturated heterocycles. The van der Waals surface area contributed by atoms with E-state index < -0.39 is 12.5 Å². The number of hydrogen-bond acceptors (Lipinski definition) is 4. The molecule has 1 amide bonds. The maximum absolute atomic E-state index is 12.0. The fourth-order valence-electron chi connectivity index (χ4n) is 9.03. The predicted molar refractivity (Wildman–Crippen MR) is 118 cm³/mol. The zero-order chi connectivity index (χ0) is 22.4. The maximum Gasteiger partial charge on any atom is 1.00 e. The molecule has 176 valence electrons. The van der Waals surface area contributed by atoms with Crippen molar-refractivity contribution in [1.29, 1.82) is 0 Å². The monoisotopic (exact) mass is 455 g/mol. The van der Waals surface area contributed by atoms with Crippen molar-refractivity contribution in [3.8, 4) is 0 Å². The summed E-state index contributed by atoms with van der Waals surface area (Å²) in [5.74, 6) is 2.89. The molecule has 4 rings (SSSR count). The summed E-state index contributed by atoms with van der Waals surface area (Å²) < 4.78 is 0. The van der Waals surface area contributed by atoms with Gasteiger partial charge in [0.25, 0.3) is 0 Å². The average molecular weight is 456 g/mol. The summed E-state index contributed by atoms with van der Waals surface area (Å²) >= 11 is 0. The Kier molecular flexibility index (Phi) is 8.49. The van der Waals surface area contributed by atoms with Gasteiger partial charge in [-0.2, -0.15) is 0 Å². The number of rotatable bonds is 6. The number of carboxylic acid groups (broad SMARTS) is 1. The van der Waals surface area contributed by atoms with Gasteiger partial charge in [0.15, 0.2) is 0 Å². The topological polar surface area (TPSA) is 89.5 Å². The van der Waals surface area contributed by atoms with E-state index in [0.29, 0.717) is 35.0 Å². The summed E-state index contributed by atoms with van der Waals surface area (Å²) in [7, 11) is 0. The Hall–Kier alpha value is -0.100. The number of carboxylic acids is 1. The van der Waals surface area contributed by atoms with E-state index in [-0.39, 0.29) is 41.6 Å². The number of carbonyl (C=O) groups excluding carboxylic acids is 2. The van der Waals surface area contributed by atoms with Crippen LogP contribution in [0.5, 0.6) is 0 Å². The summed E-state index contributed by atoms with van der Waals surface area (Å²) in [6, 6.07) is 0. The summed E-state index contributed by atoms with van der Waals surface area (Å²) in [6.45, 7) is 6.99. The second-order valence-electron chi connectivity index (χ2n) is 12.0. The van der Waals surface area contributed by atoms with Crippen molar-refractivity contribution >= 4 is 11.9 Å². The van der Waals surface area contributed by atoms with Gasteiger partial charge in [0.2, 0.25) is 5.91 Å². The molecule has 2 unspecified atom stereocenters. The van der Waals surface area contributed by atoms with Crippen molar-refractivity contribution in [1.82, 2.24) is 5.32 Å². The van der Waals surface area contributed by atoms with Gasteiger partial charge in [0, 0.05) is 6.42 Å². The Balaban J connectivity index is 0.00000289. The van der Waals surface area contributed by atoms with E-state index in [2.05, 4.69) is 26.1 Å². The second kappa shape index (κ2) is 10.3. The van der Waals surface area contributed by atoms with E-state index in [4.69, 9.17) is 0 Å². The molecule has 0 heterocycles. The SMILES string of the molecule is CC(CCC(=O)NCC(=O)[O-])[C@H]1CC[C@H]2[C@@H]3CCC4C[C@H](O)CC[C@]4(C)[C@H]3CC[C@]12C.[Na+]. The van der Waals surface area contributed by atoms with Crippen LogP contribution >= 0.6 is 0 Å². The molecule has 0 aromatic rings. The second-order valence-corrected chi connectivity index (χ2v) is 12.0. The van der Waals surface area contributed by atoms with Crippen molar-refractivity contribution in [3.05, 3.63) is 0 Å². The maximum atomic E-state index is 12.0. The standard InChI is InChI=1S/C26H43NO4.Na/c1-16(4-9-23(29)27-15-24(30)31)20-7-8-21-19-6-5-17-14-18(28)10-12-25(17,2)22(19)11-13-26(20,21)3;/h16-22,28H,4-15H2,1-3H3,(H,27,29)(H,30,31);/q;+1/p-1/t16?,17?,18-,19+,20-,21+,22+,25+,26-;/m1./s1. The summed E-state index contributed by atoms with van der Waals surface area (Å²) in [6.07, 6.45) is 12.2. The Bertz CT molecular complexity index is 701. The van der Waals surface area contributed by atoms with Crippen LogP contribution in [-0.2, 0) is 9.59 Å². The first kappa shape index (κ1) is 26.5. The van der Waals surface area contributed by atoms with Crippen LogP contribution in [0.25, 0.3) is 0 Å². The van der Waals surface area contributed by atoms with Crippen molar-refractivity contribution in [2.45, 2.75) is 97.5 Å². The van der Waals surface area contributed by atoms with Gasteiger partial charge in [-0.15, -0.1) is 0 Å². The van der Waals surface area contributed by atoms with Crippen molar-refractivity contribution < 1.29 is 49.4 Å². The molecule has 0 aromatic carbocycles. The largest absolute Gasteiger partial charge is 1.00 e. The number of aliphatic carboxylic acids is 1. The number of aliphatic hydroxyl groups excluding tert-OH is 1. The number of aliphatic hydroxyl groups is 1. The number of hydrogen-bond donors (Lipinski definition) is 2. The molecule has 6 heteroatoms. The van der Waals surface area contributed by atoms with Gasteiger partial charge < -0.3 is 20.3 Å². The summed E-state index contributed by atoms with van der Waals surface area (Å²) in [5.41, 5.74) is 0.795. The summed E-state index contributed by atoms with van der Waals surface area (Å²) in [5, 5.41) is 23.2. The molecule has 2 N–H and O–H groups in total. The minimum atomic E-state index is -1.24. The van der Waals surface area contributed by atoms with Gasteiger partial charge >= 0.3 is 29.6 Å². The molecular formula is C26H42NNaO4. The summed E-state index contributed by atoms with van der Waals surface area (Å²) in [4.78, 5) is 22.5. The fourth-order valence-corrected chi connectivity index (χ4v) is 9.03. The number of nitrogens with one attached hydrogen (secondary N) is 1. The fraction of sp³-hybridized carbons (Fsp3) is 0.923. The van der Waals surface area contributed by atoms with Gasteiger partial charge in [-0.05, 0) is 111 Å². The third kappa shape index (κ3) is 4.83. The van der Waals surface area contributed by atoms with E-state index in [1.165, 1.54) is 44.9 Å². The molecule has 4 fully saturated rings. The van der Waals surface area contributed by atoms with Gasteiger partial charge in [0.05, 0.1) is 18.6 Å². The van der Waals surface area contributed by atoms with Crippen molar-refractivity contribution in [2.24, 2.45) is 46.3 Å². The smallest absolute Gasteiger partial charge is 0.548 e. The third-order valence-electron chi connectivity index (χ3n) is 10.7. The van der Waals surface area contributed by atoms with Crippen molar-refractivity contribution in [3.63, 3.8) is 0 Å². The predicted octanol–water partition coefficient (Wildman–Crippen LogP) is 0.293. The molecule has 32 heavy (non-hydrogen) atoms. The molecule has 4 saturated carbocycles. The molecular weight excluding hydrogens is 413 g/mol. The Morgan fingerprint density at radius 3 is 2.44 bits per heavy atom. The molecule has 0 aromatic heterocycles. The van der Waals surface area contributed by atoms with Crippen LogP contribution in [0, 0.1) is 46.3 Å². The normalized spacial score (nSPS) is 43.8. The Morgan fingerprint density at radius 2 is 1.72 bits per heavy atom. The van der Waals surface area contributed by atoms with E-state index >= 15 is 0 Å². The van der Waals surface area contributed by atoms with Crippen LogP contribution in [0.3, 0.4) is 0 Å². The molecule has 0 radical (unpaired) electrons. The van der Waals surface area contributed by atoms with Crippen LogP contribution in [0.4, 0.5) is 0 Å². The molecule has 4 aliphatic carbocycles. The van der Waals surface area contributed by atoms with Gasteiger partial charge in [-0.1, -0.05) is 20.8 Å².